The van der Waals surface area contributed by atoms with Gasteiger partial charge in [-0.3, -0.25) is 0 Å². The summed E-state index contributed by atoms with van der Waals surface area (Å²) in [6, 6.07) is 8.20. The molecule has 2 aromatic heterocycles. The topological polar surface area (TPSA) is 66.9 Å². The Kier molecular flexibility index (Phi) is 5.48. The van der Waals surface area contributed by atoms with E-state index in [2.05, 4.69) is 65.0 Å². The van der Waals surface area contributed by atoms with Crippen molar-refractivity contribution in [2.75, 3.05) is 19.4 Å². The minimum Gasteiger partial charge on any atom is -0.356 e. The summed E-state index contributed by atoms with van der Waals surface area (Å²) in [4.78, 5) is 4.74. The second-order valence-corrected chi connectivity index (χ2v) is 8.92. The number of anilines is 1. The molecular weight excluding hydrogens is 376 g/mol. The first-order valence-electron chi connectivity index (χ1n) is 8.69. The summed E-state index contributed by atoms with van der Waals surface area (Å²) in [6.45, 7) is 6.08. The van der Waals surface area contributed by atoms with Gasteiger partial charge in [0.1, 0.15) is 0 Å². The van der Waals surface area contributed by atoms with Crippen LogP contribution in [-0.4, -0.2) is 32.8 Å². The van der Waals surface area contributed by atoms with Crippen molar-refractivity contribution < 1.29 is 0 Å². The molecule has 8 heteroatoms. The van der Waals surface area contributed by atoms with Gasteiger partial charge in [0.15, 0.2) is 0 Å². The number of azo groups is 1. The fourth-order valence-corrected chi connectivity index (χ4v) is 3.24. The van der Waals surface area contributed by atoms with Crippen LogP contribution in [0.3, 0.4) is 0 Å². The fraction of sp³-hybridized carbons (Fsp3) is 0.368. The van der Waals surface area contributed by atoms with Crippen LogP contribution in [0.4, 0.5) is 11.6 Å². The van der Waals surface area contributed by atoms with Gasteiger partial charge in [-0.25, -0.2) is 9.50 Å². The summed E-state index contributed by atoms with van der Waals surface area (Å²) >= 11 is 9.31. The molecule has 1 unspecified atom stereocenters. The zero-order valence-corrected chi connectivity index (χ0v) is 17.9. The van der Waals surface area contributed by atoms with E-state index in [1.54, 1.807) is 7.05 Å². The van der Waals surface area contributed by atoms with Crippen molar-refractivity contribution >= 4 is 42.4 Å². The van der Waals surface area contributed by atoms with Crippen LogP contribution in [0.25, 0.3) is 16.6 Å². The Morgan fingerprint density at radius 3 is 2.59 bits per heavy atom. The standard InChI is InChI=1S/C19H24N6S2/c1-11-10-13(6-7-15(11)23-21-5)14-8-9-25-17(14)16(12(2)19(3,26)27)22-18(20-4)24-25/h6-10,12,26-27H,1-5H3,(H,20,24). The first kappa shape index (κ1) is 19.7. The van der Waals surface area contributed by atoms with Gasteiger partial charge in [-0.05, 0) is 43.2 Å². The van der Waals surface area contributed by atoms with E-state index in [-0.39, 0.29) is 5.92 Å². The number of thiol groups is 2. The van der Waals surface area contributed by atoms with Crippen LogP contribution in [0.5, 0.6) is 0 Å². The Morgan fingerprint density at radius 2 is 2.00 bits per heavy atom. The van der Waals surface area contributed by atoms with Gasteiger partial charge < -0.3 is 5.32 Å². The molecule has 0 spiro atoms. The highest BCUT2D eigenvalue weighted by Crippen LogP contribution is 2.40. The van der Waals surface area contributed by atoms with Crippen LogP contribution < -0.4 is 5.32 Å². The largest absolute Gasteiger partial charge is 0.356 e. The molecule has 0 aliphatic carbocycles. The summed E-state index contributed by atoms with van der Waals surface area (Å²) < 4.78 is 1.34. The molecule has 0 aliphatic heterocycles. The third-order valence-electron chi connectivity index (χ3n) is 4.71. The minimum absolute atomic E-state index is 0.00956. The van der Waals surface area contributed by atoms with Crippen LogP contribution in [0.2, 0.25) is 0 Å². The number of hydrogen-bond donors (Lipinski definition) is 3. The molecule has 1 atom stereocenters. The molecule has 27 heavy (non-hydrogen) atoms. The molecule has 142 valence electrons. The average molecular weight is 401 g/mol. The molecule has 3 rings (SSSR count). The van der Waals surface area contributed by atoms with Crippen LogP contribution in [0.1, 0.15) is 31.0 Å². The number of aryl methyl sites for hydroxylation is 1. The lowest BCUT2D eigenvalue weighted by molar-refractivity contribution is 0.686. The number of aromatic nitrogens is 3. The van der Waals surface area contributed by atoms with E-state index in [9.17, 15) is 0 Å². The Labute approximate surface area is 170 Å². The maximum atomic E-state index is 4.74. The van der Waals surface area contributed by atoms with Gasteiger partial charge in [-0.1, -0.05) is 13.0 Å². The Balaban J connectivity index is 2.25. The van der Waals surface area contributed by atoms with E-state index in [0.29, 0.717) is 5.95 Å². The van der Waals surface area contributed by atoms with Gasteiger partial charge in [-0.2, -0.15) is 35.5 Å². The third-order valence-corrected chi connectivity index (χ3v) is 5.48. The molecule has 0 saturated heterocycles. The van der Waals surface area contributed by atoms with Crippen molar-refractivity contribution in [1.29, 1.82) is 0 Å². The summed E-state index contributed by atoms with van der Waals surface area (Å²) in [5, 5.41) is 15.6. The second-order valence-electron chi connectivity index (χ2n) is 6.71. The number of hydrogen-bond acceptors (Lipinski definition) is 7. The highest BCUT2D eigenvalue weighted by atomic mass is 32.2. The van der Waals surface area contributed by atoms with Crippen molar-refractivity contribution in [2.45, 2.75) is 30.8 Å². The summed E-state index contributed by atoms with van der Waals surface area (Å²) in [7, 11) is 3.48. The average Bonchev–Trinajstić information content (AvgIpc) is 3.05. The highest BCUT2D eigenvalue weighted by molar-refractivity contribution is 8.00. The molecule has 0 bridgehead atoms. The van der Waals surface area contributed by atoms with Crippen LogP contribution in [0, 0.1) is 6.92 Å². The first-order valence-corrected chi connectivity index (χ1v) is 9.58. The number of fused-ring (bicyclic) bond motifs is 1. The van der Waals surface area contributed by atoms with Gasteiger partial charge in [-0.15, -0.1) is 5.10 Å². The summed E-state index contributed by atoms with van der Waals surface area (Å²) in [6.07, 6.45) is 1.95. The normalized spacial score (nSPS) is 13.4. The lowest BCUT2D eigenvalue weighted by Gasteiger charge is -2.26. The first-order chi connectivity index (χ1) is 12.8. The van der Waals surface area contributed by atoms with Gasteiger partial charge in [0.2, 0.25) is 5.95 Å². The molecule has 0 fully saturated rings. The number of nitrogens with one attached hydrogen (secondary N) is 1. The van der Waals surface area contributed by atoms with E-state index in [4.69, 9.17) is 4.98 Å². The van der Waals surface area contributed by atoms with E-state index in [1.165, 1.54) is 0 Å². The predicted octanol–water partition coefficient (Wildman–Crippen LogP) is 5.14. The second kappa shape index (κ2) is 7.52. The van der Waals surface area contributed by atoms with Crippen molar-refractivity contribution in [3.63, 3.8) is 0 Å². The SMILES string of the molecule is CN=Nc1ccc(-c2ccn3nc(NC)nc(C(C)C(C)(S)S)c23)cc1C. The molecule has 2 heterocycles. The molecule has 0 radical (unpaired) electrons. The monoisotopic (exact) mass is 400 g/mol. The zero-order valence-electron chi connectivity index (χ0n) is 16.1. The lowest BCUT2D eigenvalue weighted by Crippen LogP contribution is -2.20. The van der Waals surface area contributed by atoms with Gasteiger partial charge in [0.05, 0.1) is 21.0 Å². The maximum absolute atomic E-state index is 4.74. The molecule has 0 amide bonds. The smallest absolute Gasteiger partial charge is 0.241 e. The highest BCUT2D eigenvalue weighted by Gasteiger charge is 2.29. The third kappa shape index (κ3) is 3.82. The van der Waals surface area contributed by atoms with E-state index < -0.39 is 4.08 Å². The van der Waals surface area contributed by atoms with Crippen LogP contribution >= 0.6 is 25.3 Å². The minimum atomic E-state index is -0.525. The van der Waals surface area contributed by atoms with Crippen molar-refractivity contribution in [3.8, 4) is 11.1 Å². The van der Waals surface area contributed by atoms with E-state index in [1.807, 2.05) is 43.7 Å². The van der Waals surface area contributed by atoms with E-state index >= 15 is 0 Å². The van der Waals surface area contributed by atoms with Gasteiger partial charge >= 0.3 is 0 Å². The molecule has 3 aromatic rings. The lowest BCUT2D eigenvalue weighted by atomic mass is 9.98. The molecule has 1 N–H and O–H groups in total. The van der Waals surface area contributed by atoms with Crippen molar-refractivity contribution in [3.05, 3.63) is 41.7 Å². The maximum Gasteiger partial charge on any atom is 0.241 e. The molecule has 1 aromatic carbocycles. The van der Waals surface area contributed by atoms with Gasteiger partial charge in [0.25, 0.3) is 0 Å². The Hall–Kier alpha value is -2.06. The fourth-order valence-electron chi connectivity index (χ4n) is 2.99. The summed E-state index contributed by atoms with van der Waals surface area (Å²) in [5.74, 6) is 0.553. The van der Waals surface area contributed by atoms with Crippen molar-refractivity contribution in [1.82, 2.24) is 14.6 Å². The number of rotatable bonds is 5. The Morgan fingerprint density at radius 1 is 1.26 bits per heavy atom. The molecular formula is C19H24N6S2. The predicted molar refractivity (Wildman–Crippen MR) is 118 cm³/mol. The quantitative estimate of drug-likeness (QED) is 0.316. The van der Waals surface area contributed by atoms with E-state index in [0.717, 1.165) is 33.6 Å². The molecule has 0 aliphatic rings. The van der Waals surface area contributed by atoms with Crippen LogP contribution in [0.15, 0.2) is 40.7 Å². The van der Waals surface area contributed by atoms with Gasteiger partial charge in [0, 0.05) is 31.8 Å². The zero-order chi connectivity index (χ0) is 19.8. The Bertz CT molecular complexity index is 1000. The summed E-state index contributed by atoms with van der Waals surface area (Å²) in [5.41, 5.74) is 5.93. The number of benzene rings is 1. The van der Waals surface area contributed by atoms with Crippen LogP contribution in [-0.2, 0) is 0 Å². The number of nitrogens with zero attached hydrogens (tertiary/aromatic N) is 5. The molecule has 0 saturated carbocycles. The van der Waals surface area contributed by atoms with Crippen molar-refractivity contribution in [2.24, 2.45) is 10.2 Å². The molecule has 6 nitrogen and oxygen atoms in total.